The number of hydrogen-bond acceptors (Lipinski definition) is 8. The molecule has 1 fully saturated rings. The molecule has 0 aromatic carbocycles. The normalized spacial score (nSPS) is 17.4. The second kappa shape index (κ2) is 7.94. The summed E-state index contributed by atoms with van der Waals surface area (Å²) in [6.07, 6.45) is 0.891. The van der Waals surface area contributed by atoms with E-state index in [-0.39, 0.29) is 18.0 Å². The van der Waals surface area contributed by atoms with Crippen LogP contribution in [0.15, 0.2) is 0 Å². The molecule has 0 amide bonds. The number of hydrogen-bond donors (Lipinski definition) is 2. The Morgan fingerprint density at radius 2 is 2.10 bits per heavy atom. The van der Waals surface area contributed by atoms with Crippen LogP contribution in [0.1, 0.15) is 20.3 Å². The van der Waals surface area contributed by atoms with Gasteiger partial charge in [-0.15, -0.1) is 0 Å². The zero-order valence-electron chi connectivity index (χ0n) is 12.7. The molecule has 3 N–H and O–H groups in total. The van der Waals surface area contributed by atoms with Gasteiger partial charge in [0.1, 0.15) is 0 Å². The molecular weight excluding hydrogens is 272 g/mol. The van der Waals surface area contributed by atoms with Crippen molar-refractivity contribution in [1.29, 1.82) is 0 Å². The van der Waals surface area contributed by atoms with E-state index in [4.69, 9.17) is 15.2 Å². The molecule has 2 heterocycles. The van der Waals surface area contributed by atoms with Gasteiger partial charge in [0.2, 0.25) is 11.9 Å². The number of rotatable bonds is 7. The number of aromatic nitrogens is 3. The van der Waals surface area contributed by atoms with Crippen LogP contribution in [0.25, 0.3) is 0 Å². The first-order valence-electron chi connectivity index (χ1n) is 7.38. The Balaban J connectivity index is 1.89. The molecule has 8 nitrogen and oxygen atoms in total. The number of nitrogens with zero attached hydrogens (tertiary/aromatic N) is 4. The third kappa shape index (κ3) is 5.31. The molecule has 2 rings (SSSR count). The van der Waals surface area contributed by atoms with Crippen molar-refractivity contribution in [2.24, 2.45) is 0 Å². The predicted octanol–water partition coefficient (Wildman–Crippen LogP) is 0.375. The van der Waals surface area contributed by atoms with E-state index >= 15 is 0 Å². The van der Waals surface area contributed by atoms with E-state index in [0.717, 1.165) is 39.3 Å². The van der Waals surface area contributed by atoms with Crippen LogP contribution in [-0.2, 0) is 4.74 Å². The molecule has 1 saturated heterocycles. The molecule has 0 bridgehead atoms. The van der Waals surface area contributed by atoms with Crippen molar-refractivity contribution in [2.45, 2.75) is 26.3 Å². The molecule has 0 radical (unpaired) electrons. The van der Waals surface area contributed by atoms with Crippen LogP contribution in [-0.4, -0.2) is 65.3 Å². The van der Waals surface area contributed by atoms with Crippen molar-refractivity contribution in [2.75, 3.05) is 50.5 Å². The topological polar surface area (TPSA) is 98.4 Å². The SMILES string of the molecule is CCCOc1nc(N)nc(NC(C)CN2CCOCC2)n1. The third-order valence-corrected chi connectivity index (χ3v) is 3.08. The van der Waals surface area contributed by atoms with E-state index in [1.165, 1.54) is 0 Å². The van der Waals surface area contributed by atoms with E-state index in [1.54, 1.807) is 0 Å². The van der Waals surface area contributed by atoms with Gasteiger partial charge in [0.15, 0.2) is 0 Å². The quantitative estimate of drug-likeness (QED) is 0.745. The molecule has 1 unspecified atom stereocenters. The fourth-order valence-electron chi connectivity index (χ4n) is 2.13. The maximum atomic E-state index is 5.68. The minimum absolute atomic E-state index is 0.164. The van der Waals surface area contributed by atoms with Crippen molar-refractivity contribution in [3.05, 3.63) is 0 Å². The van der Waals surface area contributed by atoms with Crippen LogP contribution >= 0.6 is 0 Å². The molecule has 8 heteroatoms. The number of nitrogens with two attached hydrogens (primary N) is 1. The Labute approximate surface area is 125 Å². The Morgan fingerprint density at radius 3 is 2.81 bits per heavy atom. The summed E-state index contributed by atoms with van der Waals surface area (Å²) in [7, 11) is 0. The lowest BCUT2D eigenvalue weighted by molar-refractivity contribution is 0.0368. The summed E-state index contributed by atoms with van der Waals surface area (Å²) in [5.41, 5.74) is 5.68. The zero-order valence-corrected chi connectivity index (χ0v) is 12.7. The zero-order chi connectivity index (χ0) is 15.1. The summed E-state index contributed by atoms with van der Waals surface area (Å²) >= 11 is 0. The molecule has 1 aromatic heterocycles. The average Bonchev–Trinajstić information content (AvgIpc) is 2.45. The van der Waals surface area contributed by atoms with Gasteiger partial charge in [-0.1, -0.05) is 6.92 Å². The first-order chi connectivity index (χ1) is 10.2. The van der Waals surface area contributed by atoms with Crippen LogP contribution < -0.4 is 15.8 Å². The van der Waals surface area contributed by atoms with Crippen molar-refractivity contribution >= 4 is 11.9 Å². The second-order valence-electron chi connectivity index (χ2n) is 5.11. The number of morpholine rings is 1. The van der Waals surface area contributed by atoms with Crippen LogP contribution in [0.4, 0.5) is 11.9 Å². The molecule has 1 atom stereocenters. The molecule has 0 saturated carbocycles. The third-order valence-electron chi connectivity index (χ3n) is 3.08. The maximum absolute atomic E-state index is 5.68. The van der Waals surface area contributed by atoms with E-state index in [2.05, 4.69) is 32.1 Å². The molecular formula is C13H24N6O2. The predicted molar refractivity (Wildman–Crippen MR) is 80.4 cm³/mol. The van der Waals surface area contributed by atoms with Gasteiger partial charge in [-0.3, -0.25) is 4.90 Å². The summed E-state index contributed by atoms with van der Waals surface area (Å²) in [6.45, 7) is 9.07. The lowest BCUT2D eigenvalue weighted by Crippen LogP contribution is -2.42. The average molecular weight is 296 g/mol. The van der Waals surface area contributed by atoms with Crippen LogP contribution in [0, 0.1) is 0 Å². The summed E-state index contributed by atoms with van der Waals surface area (Å²) in [5, 5.41) is 3.24. The van der Waals surface area contributed by atoms with Gasteiger partial charge in [0, 0.05) is 25.7 Å². The first-order valence-corrected chi connectivity index (χ1v) is 7.38. The molecule has 1 aromatic rings. The number of nitrogen functional groups attached to an aromatic ring is 1. The van der Waals surface area contributed by atoms with Gasteiger partial charge >= 0.3 is 6.01 Å². The monoisotopic (exact) mass is 296 g/mol. The largest absolute Gasteiger partial charge is 0.463 e. The molecule has 118 valence electrons. The van der Waals surface area contributed by atoms with Gasteiger partial charge in [0.25, 0.3) is 0 Å². The van der Waals surface area contributed by atoms with Crippen LogP contribution in [0.3, 0.4) is 0 Å². The van der Waals surface area contributed by atoms with E-state index in [9.17, 15) is 0 Å². The lowest BCUT2D eigenvalue weighted by atomic mass is 10.3. The van der Waals surface area contributed by atoms with Gasteiger partial charge < -0.3 is 20.5 Å². The van der Waals surface area contributed by atoms with Gasteiger partial charge in [0.05, 0.1) is 19.8 Å². The van der Waals surface area contributed by atoms with Crippen LogP contribution in [0.5, 0.6) is 6.01 Å². The van der Waals surface area contributed by atoms with Gasteiger partial charge in [-0.25, -0.2) is 0 Å². The highest BCUT2D eigenvalue weighted by molar-refractivity contribution is 5.33. The van der Waals surface area contributed by atoms with E-state index in [0.29, 0.717) is 12.6 Å². The summed E-state index contributed by atoms with van der Waals surface area (Å²) in [6, 6.07) is 0.467. The second-order valence-corrected chi connectivity index (χ2v) is 5.11. The van der Waals surface area contributed by atoms with Crippen LogP contribution in [0.2, 0.25) is 0 Å². The van der Waals surface area contributed by atoms with E-state index < -0.39 is 0 Å². The maximum Gasteiger partial charge on any atom is 0.323 e. The van der Waals surface area contributed by atoms with Crippen molar-refractivity contribution in [3.63, 3.8) is 0 Å². The lowest BCUT2D eigenvalue weighted by Gasteiger charge is -2.29. The van der Waals surface area contributed by atoms with Gasteiger partial charge in [-0.05, 0) is 13.3 Å². The summed E-state index contributed by atoms with van der Waals surface area (Å²) in [5.74, 6) is 0.617. The highest BCUT2D eigenvalue weighted by Gasteiger charge is 2.15. The molecule has 1 aliphatic heterocycles. The molecule has 0 aliphatic carbocycles. The Bertz CT molecular complexity index is 439. The summed E-state index contributed by atoms with van der Waals surface area (Å²) in [4.78, 5) is 14.6. The highest BCUT2D eigenvalue weighted by atomic mass is 16.5. The van der Waals surface area contributed by atoms with Crippen molar-refractivity contribution in [3.8, 4) is 6.01 Å². The molecule has 0 spiro atoms. The minimum Gasteiger partial charge on any atom is -0.463 e. The number of ether oxygens (including phenoxy) is 2. The molecule has 21 heavy (non-hydrogen) atoms. The Morgan fingerprint density at radius 1 is 1.33 bits per heavy atom. The molecule has 1 aliphatic rings. The Kier molecular flexibility index (Phi) is 5.94. The standard InChI is InChI=1S/C13H24N6O2/c1-3-6-21-13-17-11(14)16-12(18-13)15-10(2)9-19-4-7-20-8-5-19/h10H,3-9H2,1-2H3,(H3,14,15,16,17,18). The smallest absolute Gasteiger partial charge is 0.323 e. The number of nitrogens with one attached hydrogen (secondary N) is 1. The van der Waals surface area contributed by atoms with Crippen molar-refractivity contribution in [1.82, 2.24) is 19.9 Å². The fraction of sp³-hybridized carbons (Fsp3) is 0.769. The van der Waals surface area contributed by atoms with E-state index in [1.807, 2.05) is 6.92 Å². The highest BCUT2D eigenvalue weighted by Crippen LogP contribution is 2.11. The fourth-order valence-corrected chi connectivity index (χ4v) is 2.13. The van der Waals surface area contributed by atoms with Gasteiger partial charge in [-0.2, -0.15) is 15.0 Å². The summed E-state index contributed by atoms with van der Waals surface area (Å²) < 4.78 is 10.7. The Hall–Kier alpha value is -1.67. The van der Waals surface area contributed by atoms with Crippen molar-refractivity contribution < 1.29 is 9.47 Å². The first kappa shape index (κ1) is 15.7. The number of anilines is 2. The minimum atomic E-state index is 0.164.